The topological polar surface area (TPSA) is 105 Å². The average Bonchev–Trinajstić information content (AvgIpc) is 3.24. The van der Waals surface area contributed by atoms with Crippen LogP contribution in [0.3, 0.4) is 0 Å². The van der Waals surface area contributed by atoms with Crippen LogP contribution in [0.2, 0.25) is 0 Å². The van der Waals surface area contributed by atoms with Crippen LogP contribution >= 0.6 is 11.8 Å². The number of amides is 1. The largest absolute Gasteiger partial charge is 0.407 e. The third-order valence-corrected chi connectivity index (χ3v) is 7.31. The molecule has 0 aliphatic carbocycles. The number of aromatic nitrogens is 2. The standard InChI is InChI=1S/C21H24N4O4S2/c1-3-4-14-25(2)31(27,28)18-12-10-16(11-13-18)20(26)22-21-24-23-19(29-21)15-30-17-8-6-5-7-9-17/h5-13H,3-4,14-15H2,1-2H3,(H,22,24,26). The number of hydrogen-bond acceptors (Lipinski definition) is 7. The van der Waals surface area contributed by atoms with E-state index in [0.717, 1.165) is 17.7 Å². The van der Waals surface area contributed by atoms with Crippen LogP contribution in [0.4, 0.5) is 6.01 Å². The molecule has 0 atom stereocenters. The molecule has 164 valence electrons. The molecule has 0 aliphatic heterocycles. The Morgan fingerprint density at radius 2 is 1.81 bits per heavy atom. The van der Waals surface area contributed by atoms with Crippen LogP contribution in [0.25, 0.3) is 0 Å². The fourth-order valence-corrected chi connectivity index (χ4v) is 4.62. The molecule has 3 rings (SSSR count). The summed E-state index contributed by atoms with van der Waals surface area (Å²) in [6, 6.07) is 15.5. The van der Waals surface area contributed by atoms with Gasteiger partial charge in [0, 0.05) is 24.1 Å². The molecule has 0 unspecified atom stereocenters. The molecule has 1 aromatic heterocycles. The third kappa shape index (κ3) is 6.16. The van der Waals surface area contributed by atoms with Crippen molar-refractivity contribution in [1.29, 1.82) is 0 Å². The lowest BCUT2D eigenvalue weighted by Gasteiger charge is -2.16. The fraction of sp³-hybridized carbons (Fsp3) is 0.286. The van der Waals surface area contributed by atoms with E-state index in [1.807, 2.05) is 37.3 Å². The van der Waals surface area contributed by atoms with Crippen LogP contribution in [0.15, 0.2) is 68.8 Å². The molecule has 0 spiro atoms. The highest BCUT2D eigenvalue weighted by Crippen LogP contribution is 2.22. The van der Waals surface area contributed by atoms with Gasteiger partial charge in [-0.1, -0.05) is 36.6 Å². The summed E-state index contributed by atoms with van der Waals surface area (Å²) in [6.07, 6.45) is 1.69. The second kappa shape index (κ2) is 10.6. The summed E-state index contributed by atoms with van der Waals surface area (Å²) in [4.78, 5) is 13.6. The highest BCUT2D eigenvalue weighted by atomic mass is 32.2. The van der Waals surface area contributed by atoms with Crippen molar-refractivity contribution in [3.63, 3.8) is 0 Å². The van der Waals surface area contributed by atoms with Crippen molar-refractivity contribution in [1.82, 2.24) is 14.5 Å². The van der Waals surface area contributed by atoms with Gasteiger partial charge in [0.1, 0.15) is 0 Å². The Morgan fingerprint density at radius 3 is 2.48 bits per heavy atom. The predicted octanol–water partition coefficient (Wildman–Crippen LogP) is 4.03. The SMILES string of the molecule is CCCCN(C)S(=O)(=O)c1ccc(C(=O)Nc2nnc(CSc3ccccc3)o2)cc1. The minimum atomic E-state index is -3.58. The molecule has 1 heterocycles. The first-order valence-electron chi connectivity index (χ1n) is 9.78. The lowest BCUT2D eigenvalue weighted by atomic mass is 10.2. The van der Waals surface area contributed by atoms with Crippen LogP contribution in [0, 0.1) is 0 Å². The number of rotatable bonds is 10. The van der Waals surface area contributed by atoms with E-state index in [0.29, 0.717) is 18.2 Å². The number of carbonyl (C=O) groups is 1. The summed E-state index contributed by atoms with van der Waals surface area (Å²) < 4.78 is 31.9. The smallest absolute Gasteiger partial charge is 0.322 e. The molecular formula is C21H24N4O4S2. The number of hydrogen-bond donors (Lipinski definition) is 1. The summed E-state index contributed by atoms with van der Waals surface area (Å²) in [5.41, 5.74) is 0.286. The van der Waals surface area contributed by atoms with Gasteiger partial charge >= 0.3 is 6.01 Å². The number of anilines is 1. The minimum absolute atomic E-state index is 0.00958. The summed E-state index contributed by atoms with van der Waals surface area (Å²) in [5.74, 6) is 0.403. The molecule has 0 saturated heterocycles. The summed E-state index contributed by atoms with van der Waals surface area (Å²) in [5, 5.41) is 10.3. The van der Waals surface area contributed by atoms with Gasteiger partial charge in [-0.3, -0.25) is 10.1 Å². The van der Waals surface area contributed by atoms with Crippen molar-refractivity contribution in [3.8, 4) is 0 Å². The van der Waals surface area contributed by atoms with Gasteiger partial charge in [-0.05, 0) is 42.8 Å². The van der Waals surface area contributed by atoms with Gasteiger partial charge in [0.25, 0.3) is 5.91 Å². The number of nitrogens with one attached hydrogen (secondary N) is 1. The van der Waals surface area contributed by atoms with Crippen molar-refractivity contribution in [2.75, 3.05) is 18.9 Å². The molecule has 0 aliphatic rings. The Labute approximate surface area is 186 Å². The van der Waals surface area contributed by atoms with Crippen molar-refractivity contribution >= 4 is 33.7 Å². The Bertz CT molecular complexity index is 1100. The second-order valence-corrected chi connectivity index (χ2v) is 9.85. The molecule has 2 aromatic carbocycles. The van der Waals surface area contributed by atoms with E-state index in [1.165, 1.54) is 28.6 Å². The first-order chi connectivity index (χ1) is 14.9. The number of benzene rings is 2. The average molecular weight is 461 g/mol. The zero-order valence-corrected chi connectivity index (χ0v) is 18.9. The molecule has 0 fully saturated rings. The maximum absolute atomic E-state index is 12.6. The van der Waals surface area contributed by atoms with Crippen molar-refractivity contribution in [3.05, 3.63) is 66.1 Å². The Hall–Kier alpha value is -2.69. The molecular weight excluding hydrogens is 436 g/mol. The third-order valence-electron chi connectivity index (χ3n) is 4.44. The van der Waals surface area contributed by atoms with Gasteiger partial charge in [-0.15, -0.1) is 16.9 Å². The second-order valence-electron chi connectivity index (χ2n) is 6.76. The van der Waals surface area contributed by atoms with Crippen molar-refractivity contribution < 1.29 is 17.6 Å². The van der Waals surface area contributed by atoms with E-state index in [9.17, 15) is 13.2 Å². The van der Waals surface area contributed by atoms with Crippen LogP contribution in [-0.2, 0) is 15.8 Å². The Balaban J connectivity index is 1.59. The van der Waals surface area contributed by atoms with Gasteiger partial charge in [-0.25, -0.2) is 12.7 Å². The quantitative estimate of drug-likeness (QED) is 0.455. The zero-order chi connectivity index (χ0) is 22.3. The Kier molecular flexibility index (Phi) is 7.83. The summed E-state index contributed by atoms with van der Waals surface area (Å²) >= 11 is 1.54. The molecule has 10 heteroatoms. The van der Waals surface area contributed by atoms with Crippen LogP contribution < -0.4 is 5.32 Å². The number of carbonyl (C=O) groups excluding carboxylic acids is 1. The van der Waals surface area contributed by atoms with Crippen molar-refractivity contribution in [2.45, 2.75) is 35.3 Å². The maximum atomic E-state index is 12.6. The van der Waals surface area contributed by atoms with Crippen molar-refractivity contribution in [2.24, 2.45) is 0 Å². The minimum Gasteiger partial charge on any atom is -0.407 e. The van der Waals surface area contributed by atoms with E-state index in [1.54, 1.807) is 18.8 Å². The molecule has 0 radical (unpaired) electrons. The number of nitrogens with zero attached hydrogens (tertiary/aromatic N) is 3. The van der Waals surface area contributed by atoms with E-state index in [4.69, 9.17) is 4.42 Å². The number of sulfonamides is 1. The molecule has 0 saturated carbocycles. The lowest BCUT2D eigenvalue weighted by molar-refractivity contribution is 0.102. The van der Waals surface area contributed by atoms with Crippen LogP contribution in [0.1, 0.15) is 36.0 Å². The van der Waals surface area contributed by atoms with E-state index >= 15 is 0 Å². The lowest BCUT2D eigenvalue weighted by Crippen LogP contribution is -2.28. The van der Waals surface area contributed by atoms with Crippen LogP contribution in [0.5, 0.6) is 0 Å². The van der Waals surface area contributed by atoms with E-state index in [2.05, 4.69) is 15.5 Å². The fourth-order valence-electron chi connectivity index (χ4n) is 2.65. The van der Waals surface area contributed by atoms with Gasteiger partial charge in [-0.2, -0.15) is 0 Å². The number of thioether (sulfide) groups is 1. The maximum Gasteiger partial charge on any atom is 0.322 e. The predicted molar refractivity (Wildman–Crippen MR) is 119 cm³/mol. The summed E-state index contributed by atoms with van der Waals surface area (Å²) in [7, 11) is -2.03. The molecule has 1 amide bonds. The molecule has 31 heavy (non-hydrogen) atoms. The first kappa shape index (κ1) is 23.0. The molecule has 0 bridgehead atoms. The highest BCUT2D eigenvalue weighted by Gasteiger charge is 2.21. The van der Waals surface area contributed by atoms with Gasteiger partial charge in [0.2, 0.25) is 15.9 Å². The number of unbranched alkanes of at least 4 members (excludes halogenated alkanes) is 1. The van der Waals surface area contributed by atoms with Gasteiger partial charge in [0.05, 0.1) is 10.6 Å². The zero-order valence-electron chi connectivity index (χ0n) is 17.3. The summed E-state index contributed by atoms with van der Waals surface area (Å²) in [6.45, 7) is 2.45. The van der Waals surface area contributed by atoms with E-state index < -0.39 is 15.9 Å². The van der Waals surface area contributed by atoms with Crippen LogP contribution in [-0.4, -0.2) is 42.4 Å². The molecule has 1 N–H and O–H groups in total. The first-order valence-corrected chi connectivity index (χ1v) is 12.2. The van der Waals surface area contributed by atoms with Gasteiger partial charge < -0.3 is 4.42 Å². The van der Waals surface area contributed by atoms with E-state index in [-0.39, 0.29) is 16.5 Å². The molecule has 3 aromatic rings. The normalized spacial score (nSPS) is 11.6. The molecule has 8 nitrogen and oxygen atoms in total. The highest BCUT2D eigenvalue weighted by molar-refractivity contribution is 7.98. The Morgan fingerprint density at radius 1 is 1.10 bits per heavy atom. The van der Waals surface area contributed by atoms with Gasteiger partial charge in [0.15, 0.2) is 0 Å². The monoisotopic (exact) mass is 460 g/mol.